The minimum Gasteiger partial charge on any atom is -0.495 e. The molecule has 3 aromatic rings. The number of pyridine rings is 1. The van der Waals surface area contributed by atoms with Crippen LogP contribution in [0.2, 0.25) is 5.02 Å². The Morgan fingerprint density at radius 1 is 1.26 bits per heavy atom. The highest BCUT2D eigenvalue weighted by Gasteiger charge is 2.24. The van der Waals surface area contributed by atoms with Gasteiger partial charge in [-0.1, -0.05) is 22.9 Å². The predicted molar refractivity (Wildman–Crippen MR) is 136 cm³/mol. The van der Waals surface area contributed by atoms with Gasteiger partial charge in [0.05, 0.1) is 34.6 Å². The molecule has 0 amide bonds. The minimum atomic E-state index is -3.99. The summed E-state index contributed by atoms with van der Waals surface area (Å²) in [6.07, 6.45) is 4.90. The van der Waals surface area contributed by atoms with E-state index in [1.165, 1.54) is 36.9 Å². The van der Waals surface area contributed by atoms with Crippen LogP contribution in [-0.2, 0) is 14.8 Å². The molecule has 34 heavy (non-hydrogen) atoms. The summed E-state index contributed by atoms with van der Waals surface area (Å²) in [6.45, 7) is 5.67. The molecule has 8 nitrogen and oxygen atoms in total. The van der Waals surface area contributed by atoms with Crippen LogP contribution in [-0.4, -0.2) is 44.8 Å². The number of ether oxygens (including phenoxy) is 2. The number of hydrogen-bond acceptors (Lipinski definition) is 8. The van der Waals surface area contributed by atoms with Crippen molar-refractivity contribution in [1.82, 2.24) is 9.97 Å². The Morgan fingerprint density at radius 3 is 2.74 bits per heavy atom. The third-order valence-corrected chi connectivity index (χ3v) is 8.70. The first kappa shape index (κ1) is 24.7. The van der Waals surface area contributed by atoms with Gasteiger partial charge in [-0.25, -0.2) is 13.4 Å². The van der Waals surface area contributed by atoms with Crippen molar-refractivity contribution >= 4 is 43.8 Å². The van der Waals surface area contributed by atoms with Crippen LogP contribution in [0.4, 0.5) is 10.8 Å². The number of sulfonamides is 1. The van der Waals surface area contributed by atoms with Crippen molar-refractivity contribution in [2.75, 3.05) is 30.4 Å². The Labute approximate surface area is 208 Å². The Morgan fingerprint density at radius 2 is 2.03 bits per heavy atom. The highest BCUT2D eigenvalue weighted by atomic mass is 35.5. The van der Waals surface area contributed by atoms with Crippen molar-refractivity contribution in [2.45, 2.75) is 37.6 Å². The van der Waals surface area contributed by atoms with Crippen molar-refractivity contribution in [2.24, 2.45) is 5.92 Å². The van der Waals surface area contributed by atoms with Crippen LogP contribution in [0, 0.1) is 12.8 Å². The molecule has 0 radical (unpaired) electrons. The lowest BCUT2D eigenvalue weighted by atomic mass is 9.93. The minimum absolute atomic E-state index is 0.00491. The molecule has 1 aliphatic rings. The van der Waals surface area contributed by atoms with Crippen molar-refractivity contribution in [3.63, 3.8) is 0 Å². The molecule has 1 aromatic carbocycles. The van der Waals surface area contributed by atoms with E-state index in [1.807, 2.05) is 13.0 Å². The zero-order valence-electron chi connectivity index (χ0n) is 19.2. The first-order valence-corrected chi connectivity index (χ1v) is 13.6. The molecule has 2 aromatic heterocycles. The average Bonchev–Trinajstić information content (AvgIpc) is 3.20. The van der Waals surface area contributed by atoms with Crippen LogP contribution >= 0.6 is 22.9 Å². The van der Waals surface area contributed by atoms with Gasteiger partial charge < -0.3 is 14.8 Å². The standard InChI is InChI=1S/C23H27ClN4O4S2/c1-14(16-7-10-32-11-8-16)26-23-27-15(2)22(33-23)17-4-5-20(31-3)21(12-17)34(29,30)28-19-13-25-9-6-18(19)24/h4-6,9,12-14,16,28H,7-8,10-11H2,1-3H3,(H,26,27). The summed E-state index contributed by atoms with van der Waals surface area (Å²) in [5.74, 6) is 0.759. The lowest BCUT2D eigenvalue weighted by Gasteiger charge is -2.28. The normalized spacial score (nSPS) is 15.6. The second kappa shape index (κ2) is 10.5. The molecule has 4 rings (SSSR count). The van der Waals surface area contributed by atoms with Crippen LogP contribution in [0.5, 0.6) is 5.75 Å². The van der Waals surface area contributed by atoms with Gasteiger partial charge in [-0.3, -0.25) is 9.71 Å². The number of anilines is 2. The third kappa shape index (κ3) is 5.46. The number of nitrogens with one attached hydrogen (secondary N) is 2. The second-order valence-corrected chi connectivity index (χ2v) is 11.2. The highest BCUT2D eigenvalue weighted by Crippen LogP contribution is 2.38. The van der Waals surface area contributed by atoms with Crippen molar-refractivity contribution < 1.29 is 17.9 Å². The molecule has 0 bridgehead atoms. The maximum atomic E-state index is 13.2. The molecular formula is C23H27ClN4O4S2. The first-order chi connectivity index (χ1) is 16.3. The molecule has 0 spiro atoms. The number of aryl methyl sites for hydroxylation is 1. The monoisotopic (exact) mass is 522 g/mol. The molecular weight excluding hydrogens is 496 g/mol. The molecule has 11 heteroatoms. The summed E-state index contributed by atoms with van der Waals surface area (Å²) in [5.41, 5.74) is 1.75. The number of thiazole rings is 1. The van der Waals surface area contributed by atoms with Crippen LogP contribution < -0.4 is 14.8 Å². The van der Waals surface area contributed by atoms with E-state index in [4.69, 9.17) is 21.1 Å². The van der Waals surface area contributed by atoms with Crippen molar-refractivity contribution in [1.29, 1.82) is 0 Å². The van der Waals surface area contributed by atoms with Crippen LogP contribution in [0.3, 0.4) is 0 Å². The Balaban J connectivity index is 1.62. The number of rotatable bonds is 8. The molecule has 3 heterocycles. The summed E-state index contributed by atoms with van der Waals surface area (Å²) < 4.78 is 39.7. The van der Waals surface area contributed by atoms with Gasteiger partial charge in [-0.05, 0) is 62.4 Å². The first-order valence-electron chi connectivity index (χ1n) is 10.9. The fraction of sp³-hybridized carbons (Fsp3) is 0.391. The van der Waals surface area contributed by atoms with E-state index in [9.17, 15) is 8.42 Å². The number of benzene rings is 1. The van der Waals surface area contributed by atoms with Crippen LogP contribution in [0.25, 0.3) is 10.4 Å². The zero-order valence-corrected chi connectivity index (χ0v) is 21.6. The molecule has 182 valence electrons. The Kier molecular flexibility index (Phi) is 7.61. The molecule has 1 aliphatic heterocycles. The summed E-state index contributed by atoms with van der Waals surface area (Å²) in [5, 5.41) is 4.59. The topological polar surface area (TPSA) is 102 Å². The summed E-state index contributed by atoms with van der Waals surface area (Å²) in [6, 6.07) is 6.86. The lowest BCUT2D eigenvalue weighted by Crippen LogP contribution is -2.30. The number of halogens is 1. The van der Waals surface area contributed by atoms with E-state index >= 15 is 0 Å². The molecule has 1 saturated heterocycles. The molecule has 0 saturated carbocycles. The third-order valence-electron chi connectivity index (χ3n) is 5.85. The second-order valence-electron chi connectivity index (χ2n) is 8.14. The fourth-order valence-corrected chi connectivity index (χ4v) is 6.46. The van der Waals surface area contributed by atoms with Gasteiger partial charge in [0.1, 0.15) is 10.6 Å². The summed E-state index contributed by atoms with van der Waals surface area (Å²) in [7, 11) is -2.56. The van der Waals surface area contributed by atoms with E-state index in [0.717, 1.165) is 47.3 Å². The largest absolute Gasteiger partial charge is 0.495 e. The Hall–Kier alpha value is -2.40. The molecule has 1 unspecified atom stereocenters. The van der Waals surface area contributed by atoms with E-state index in [2.05, 4.69) is 26.9 Å². The van der Waals surface area contributed by atoms with Gasteiger partial charge in [0.2, 0.25) is 0 Å². The van der Waals surface area contributed by atoms with E-state index in [0.29, 0.717) is 5.92 Å². The smallest absolute Gasteiger partial charge is 0.265 e. The van der Waals surface area contributed by atoms with Gasteiger partial charge in [0.15, 0.2) is 5.13 Å². The van der Waals surface area contributed by atoms with E-state index in [-0.39, 0.29) is 27.4 Å². The highest BCUT2D eigenvalue weighted by molar-refractivity contribution is 7.92. The molecule has 0 aliphatic carbocycles. The summed E-state index contributed by atoms with van der Waals surface area (Å²) >= 11 is 7.62. The van der Waals surface area contributed by atoms with Crippen LogP contribution in [0.1, 0.15) is 25.5 Å². The zero-order chi connectivity index (χ0) is 24.3. The number of hydrogen-bond donors (Lipinski definition) is 2. The molecule has 1 atom stereocenters. The fourth-order valence-electron chi connectivity index (χ4n) is 3.93. The molecule has 1 fully saturated rings. The van der Waals surface area contributed by atoms with E-state index < -0.39 is 10.0 Å². The molecule has 2 N–H and O–H groups in total. The van der Waals surface area contributed by atoms with Gasteiger partial charge in [0.25, 0.3) is 10.0 Å². The Bertz CT molecular complexity index is 1260. The number of aromatic nitrogens is 2. The van der Waals surface area contributed by atoms with Crippen molar-refractivity contribution in [3.8, 4) is 16.2 Å². The van der Waals surface area contributed by atoms with Gasteiger partial charge >= 0.3 is 0 Å². The van der Waals surface area contributed by atoms with Crippen molar-refractivity contribution in [3.05, 3.63) is 47.4 Å². The van der Waals surface area contributed by atoms with Crippen LogP contribution in [0.15, 0.2) is 41.6 Å². The van der Waals surface area contributed by atoms with E-state index in [1.54, 1.807) is 12.1 Å². The lowest BCUT2D eigenvalue weighted by molar-refractivity contribution is 0.0622. The number of methoxy groups -OCH3 is 1. The van der Waals surface area contributed by atoms with Gasteiger partial charge in [0, 0.05) is 25.5 Å². The SMILES string of the molecule is COc1ccc(-c2sc(NC(C)C3CCOCC3)nc2C)cc1S(=O)(=O)Nc1cnccc1Cl. The van der Waals surface area contributed by atoms with Gasteiger partial charge in [-0.2, -0.15) is 0 Å². The average molecular weight is 523 g/mol. The van der Waals surface area contributed by atoms with Gasteiger partial charge in [-0.15, -0.1) is 0 Å². The summed E-state index contributed by atoms with van der Waals surface area (Å²) in [4.78, 5) is 9.52. The maximum Gasteiger partial charge on any atom is 0.265 e. The predicted octanol–water partition coefficient (Wildman–Crippen LogP) is 5.20. The quantitative estimate of drug-likeness (QED) is 0.419. The number of nitrogens with zero attached hydrogens (tertiary/aromatic N) is 2. The maximum absolute atomic E-state index is 13.2.